The first-order chi connectivity index (χ1) is 15.6. The number of carbonyl (C=O) groups is 1. The summed E-state index contributed by atoms with van der Waals surface area (Å²) in [6.07, 6.45) is 0. The van der Waals surface area contributed by atoms with Gasteiger partial charge in [-0.2, -0.15) is 0 Å². The van der Waals surface area contributed by atoms with E-state index in [4.69, 9.17) is 21.6 Å². The summed E-state index contributed by atoms with van der Waals surface area (Å²) in [4.78, 5) is 17.0. The van der Waals surface area contributed by atoms with Crippen LogP contribution in [0, 0.1) is 5.82 Å². The highest BCUT2D eigenvalue weighted by atomic mass is 32.1. The van der Waals surface area contributed by atoms with Gasteiger partial charge in [-0.05, 0) is 60.1 Å². The number of oxazole rings is 1. The molecule has 0 aliphatic rings. The number of fused-ring (bicyclic) bond motifs is 3. The Labute approximate surface area is 187 Å². The van der Waals surface area contributed by atoms with Crippen LogP contribution < -0.4 is 10.6 Å². The minimum Gasteiger partial charge on any atom is -0.436 e. The smallest absolute Gasteiger partial charge is 0.257 e. The molecule has 0 saturated carbocycles. The Morgan fingerprint density at radius 1 is 0.938 bits per heavy atom. The summed E-state index contributed by atoms with van der Waals surface area (Å²) < 4.78 is 19.3. The van der Waals surface area contributed by atoms with Crippen molar-refractivity contribution in [3.63, 3.8) is 0 Å². The van der Waals surface area contributed by atoms with Crippen LogP contribution >= 0.6 is 12.2 Å². The van der Waals surface area contributed by atoms with Gasteiger partial charge in [-0.1, -0.05) is 42.5 Å². The van der Waals surface area contributed by atoms with Crippen LogP contribution in [0.15, 0.2) is 89.3 Å². The molecule has 0 radical (unpaired) electrons. The first-order valence-electron chi connectivity index (χ1n) is 9.83. The minimum atomic E-state index is -0.496. The van der Waals surface area contributed by atoms with Crippen LogP contribution in [0.4, 0.5) is 10.1 Å². The lowest BCUT2D eigenvalue weighted by Crippen LogP contribution is -2.34. The zero-order chi connectivity index (χ0) is 22.1. The Morgan fingerprint density at radius 3 is 2.66 bits per heavy atom. The number of halogens is 1. The molecular weight excluding hydrogens is 425 g/mol. The molecule has 5 rings (SSSR count). The summed E-state index contributed by atoms with van der Waals surface area (Å²) in [6.45, 7) is 0. The molecule has 32 heavy (non-hydrogen) atoms. The normalized spacial score (nSPS) is 10.9. The van der Waals surface area contributed by atoms with Crippen LogP contribution in [0.1, 0.15) is 10.4 Å². The van der Waals surface area contributed by atoms with Gasteiger partial charge in [0, 0.05) is 22.2 Å². The van der Waals surface area contributed by atoms with E-state index in [0.29, 0.717) is 17.2 Å². The van der Waals surface area contributed by atoms with Crippen LogP contribution in [0.2, 0.25) is 0 Å². The topological polar surface area (TPSA) is 67.2 Å². The maximum absolute atomic E-state index is 13.3. The highest BCUT2D eigenvalue weighted by Gasteiger charge is 2.13. The predicted octanol–water partition coefficient (Wildman–Crippen LogP) is 5.91. The summed E-state index contributed by atoms with van der Waals surface area (Å²) in [7, 11) is 0. The molecule has 2 N–H and O–H groups in total. The standard InChI is InChI=1S/C25H16FN3O2S/c26-18-8-3-6-16(13-18)23(30)29-25(32)27-19-9-4-7-17(14-19)24-28-22-20-10-2-1-5-15(20)11-12-21(22)31-24/h1-14H,(H2,27,29,30,32). The number of thiocarbonyl (C=S) groups is 1. The molecule has 1 aromatic heterocycles. The Bertz CT molecular complexity index is 1500. The van der Waals surface area contributed by atoms with Crippen LogP contribution in [0.3, 0.4) is 0 Å². The molecule has 0 spiro atoms. The maximum atomic E-state index is 13.3. The second kappa shape index (κ2) is 8.20. The van der Waals surface area contributed by atoms with E-state index in [9.17, 15) is 9.18 Å². The van der Waals surface area contributed by atoms with Gasteiger partial charge in [0.15, 0.2) is 10.7 Å². The van der Waals surface area contributed by atoms with Crippen LogP contribution in [0.5, 0.6) is 0 Å². The van der Waals surface area contributed by atoms with E-state index in [1.807, 2.05) is 60.7 Å². The minimum absolute atomic E-state index is 0.0972. The highest BCUT2D eigenvalue weighted by molar-refractivity contribution is 7.80. The summed E-state index contributed by atoms with van der Waals surface area (Å²) in [5, 5.41) is 7.73. The van der Waals surface area contributed by atoms with Gasteiger partial charge in [-0.25, -0.2) is 9.37 Å². The average molecular weight is 441 g/mol. The number of hydrogen-bond acceptors (Lipinski definition) is 4. The molecule has 1 amide bonds. The molecule has 0 bridgehead atoms. The fourth-order valence-electron chi connectivity index (χ4n) is 3.48. The molecule has 5 aromatic rings. The molecule has 0 atom stereocenters. The molecule has 156 valence electrons. The van der Waals surface area contributed by atoms with E-state index >= 15 is 0 Å². The third-order valence-corrected chi connectivity index (χ3v) is 5.17. The van der Waals surface area contributed by atoms with E-state index in [2.05, 4.69) is 10.6 Å². The molecular formula is C25H16FN3O2S. The molecule has 0 aliphatic carbocycles. The van der Waals surface area contributed by atoms with E-state index < -0.39 is 11.7 Å². The van der Waals surface area contributed by atoms with Crippen molar-refractivity contribution in [3.05, 3.63) is 96.3 Å². The summed E-state index contributed by atoms with van der Waals surface area (Å²) in [5.41, 5.74) is 3.10. The van der Waals surface area contributed by atoms with E-state index in [1.165, 1.54) is 18.2 Å². The van der Waals surface area contributed by atoms with Gasteiger partial charge in [0.25, 0.3) is 5.91 Å². The Hall–Kier alpha value is -4.10. The number of nitrogens with one attached hydrogen (secondary N) is 2. The quantitative estimate of drug-likeness (QED) is 0.341. The number of benzene rings is 4. The van der Waals surface area contributed by atoms with Gasteiger partial charge in [0.1, 0.15) is 11.3 Å². The number of carbonyl (C=O) groups excluding carboxylic acids is 1. The lowest BCUT2D eigenvalue weighted by atomic mass is 10.1. The highest BCUT2D eigenvalue weighted by Crippen LogP contribution is 2.30. The first kappa shape index (κ1) is 19.8. The van der Waals surface area contributed by atoms with E-state index in [0.717, 1.165) is 27.9 Å². The lowest BCUT2D eigenvalue weighted by Gasteiger charge is -2.10. The van der Waals surface area contributed by atoms with Gasteiger partial charge in [0.2, 0.25) is 5.89 Å². The molecule has 0 aliphatic heterocycles. The Kier molecular flexibility index (Phi) is 5.09. The van der Waals surface area contributed by atoms with Crippen molar-refractivity contribution in [1.82, 2.24) is 10.3 Å². The number of anilines is 1. The Balaban J connectivity index is 1.37. The van der Waals surface area contributed by atoms with Gasteiger partial charge in [0.05, 0.1) is 0 Å². The number of hydrogen-bond donors (Lipinski definition) is 2. The SMILES string of the molecule is O=C(NC(=S)Nc1cccc(-c2nc3c(ccc4ccccc43)o2)c1)c1cccc(F)c1. The van der Waals surface area contributed by atoms with Crippen LogP contribution in [0.25, 0.3) is 33.3 Å². The number of nitrogens with zero attached hydrogens (tertiary/aromatic N) is 1. The second-order valence-corrected chi connectivity index (χ2v) is 7.56. The van der Waals surface area contributed by atoms with Crippen molar-refractivity contribution in [2.75, 3.05) is 5.32 Å². The third-order valence-electron chi connectivity index (χ3n) is 4.96. The molecule has 4 aromatic carbocycles. The summed E-state index contributed by atoms with van der Waals surface area (Å²) in [5.74, 6) is -0.506. The Morgan fingerprint density at radius 2 is 1.78 bits per heavy atom. The van der Waals surface area contributed by atoms with Crippen molar-refractivity contribution in [3.8, 4) is 11.5 Å². The van der Waals surface area contributed by atoms with Gasteiger partial charge in [-0.3, -0.25) is 10.1 Å². The monoisotopic (exact) mass is 441 g/mol. The fourth-order valence-corrected chi connectivity index (χ4v) is 3.69. The summed E-state index contributed by atoms with van der Waals surface area (Å²) >= 11 is 5.23. The first-order valence-corrected chi connectivity index (χ1v) is 10.2. The average Bonchev–Trinajstić information content (AvgIpc) is 3.24. The molecule has 0 fully saturated rings. The third kappa shape index (κ3) is 3.93. The number of aromatic nitrogens is 1. The van der Waals surface area contributed by atoms with E-state index in [1.54, 1.807) is 0 Å². The summed E-state index contributed by atoms with van der Waals surface area (Å²) in [6, 6.07) is 24.7. The van der Waals surface area contributed by atoms with Crippen molar-refractivity contribution in [2.45, 2.75) is 0 Å². The van der Waals surface area contributed by atoms with Gasteiger partial charge in [-0.15, -0.1) is 0 Å². The van der Waals surface area contributed by atoms with Crippen molar-refractivity contribution in [1.29, 1.82) is 0 Å². The van der Waals surface area contributed by atoms with Crippen molar-refractivity contribution >= 4 is 50.8 Å². The molecule has 1 heterocycles. The van der Waals surface area contributed by atoms with Crippen LogP contribution in [-0.4, -0.2) is 16.0 Å². The van der Waals surface area contributed by atoms with Gasteiger partial charge >= 0.3 is 0 Å². The molecule has 0 unspecified atom stereocenters. The fraction of sp³-hybridized carbons (Fsp3) is 0. The van der Waals surface area contributed by atoms with Crippen LogP contribution in [-0.2, 0) is 0 Å². The zero-order valence-electron chi connectivity index (χ0n) is 16.6. The largest absolute Gasteiger partial charge is 0.436 e. The molecule has 7 heteroatoms. The number of rotatable bonds is 3. The maximum Gasteiger partial charge on any atom is 0.257 e. The lowest BCUT2D eigenvalue weighted by molar-refractivity contribution is 0.0977. The van der Waals surface area contributed by atoms with Gasteiger partial charge < -0.3 is 9.73 Å². The zero-order valence-corrected chi connectivity index (χ0v) is 17.4. The van der Waals surface area contributed by atoms with Crippen molar-refractivity contribution in [2.24, 2.45) is 0 Å². The predicted molar refractivity (Wildman–Crippen MR) is 127 cm³/mol. The molecule has 5 nitrogen and oxygen atoms in total. The van der Waals surface area contributed by atoms with E-state index in [-0.39, 0.29) is 10.7 Å². The van der Waals surface area contributed by atoms with Crippen molar-refractivity contribution < 1.29 is 13.6 Å². The number of amides is 1. The molecule has 0 saturated heterocycles. The second-order valence-electron chi connectivity index (χ2n) is 7.15.